The fourth-order valence-corrected chi connectivity index (χ4v) is 3.92. The smallest absolute Gasteiger partial charge is 0.252 e. The number of nitrogens with one attached hydrogen (secondary N) is 1. The Balaban J connectivity index is 1.28. The molecule has 1 N–H and O–H groups in total. The Labute approximate surface area is 190 Å². The lowest BCUT2D eigenvalue weighted by atomic mass is 10.1. The van der Waals surface area contributed by atoms with Crippen LogP contribution in [0.2, 0.25) is 0 Å². The van der Waals surface area contributed by atoms with Crippen LogP contribution in [0.4, 0.5) is 0 Å². The van der Waals surface area contributed by atoms with E-state index < -0.39 is 0 Å². The van der Waals surface area contributed by atoms with Crippen LogP contribution in [0.25, 0.3) is 33.4 Å². The Morgan fingerprint density at radius 2 is 2.06 bits per heavy atom. The molecule has 166 valence electrons. The molecule has 0 atom stereocenters. The maximum absolute atomic E-state index is 13.1. The van der Waals surface area contributed by atoms with E-state index in [1.54, 1.807) is 29.3 Å². The molecule has 4 aromatic heterocycles. The normalized spacial score (nSPS) is 11.2. The molecule has 4 heterocycles. The minimum absolute atomic E-state index is 0.182. The number of benzene rings is 1. The summed E-state index contributed by atoms with van der Waals surface area (Å²) in [7, 11) is 1.81. The SMILES string of the molecule is Cc1nn(C)c2nc(-c3ccco3)cc(C(=O)NCCCOc3cccc4cccnc34)c12. The standard InChI is InChI=1S/C25H23N5O3/c1-16-22-18(15-19(20-10-5-13-32-20)28-24(22)30(2)29-16)25(31)27-12-6-14-33-21-9-3-7-17-8-4-11-26-23(17)21/h3-5,7-11,13,15H,6,12,14H2,1-2H3,(H,27,31). The van der Waals surface area contributed by atoms with E-state index in [-0.39, 0.29) is 5.91 Å². The van der Waals surface area contributed by atoms with Gasteiger partial charge in [0.2, 0.25) is 0 Å². The minimum atomic E-state index is -0.182. The predicted molar refractivity (Wildman–Crippen MR) is 125 cm³/mol. The van der Waals surface area contributed by atoms with E-state index >= 15 is 0 Å². The molecule has 5 rings (SSSR count). The first kappa shape index (κ1) is 20.7. The molecule has 0 saturated carbocycles. The third-order valence-electron chi connectivity index (χ3n) is 5.45. The van der Waals surface area contributed by atoms with Crippen LogP contribution in [0.15, 0.2) is 65.4 Å². The molecule has 0 spiro atoms. The van der Waals surface area contributed by atoms with Crippen molar-refractivity contribution in [1.29, 1.82) is 0 Å². The van der Waals surface area contributed by atoms with Crippen LogP contribution < -0.4 is 10.1 Å². The summed E-state index contributed by atoms with van der Waals surface area (Å²) in [5.74, 6) is 1.16. The molecule has 5 aromatic rings. The second kappa shape index (κ2) is 8.74. The predicted octanol–water partition coefficient (Wildman–Crippen LogP) is 4.28. The minimum Gasteiger partial charge on any atom is -0.491 e. The van der Waals surface area contributed by atoms with Crippen molar-refractivity contribution < 1.29 is 13.9 Å². The van der Waals surface area contributed by atoms with Crippen LogP contribution >= 0.6 is 0 Å². The van der Waals surface area contributed by atoms with Gasteiger partial charge in [0, 0.05) is 25.2 Å². The van der Waals surface area contributed by atoms with Gasteiger partial charge in [0.1, 0.15) is 17.0 Å². The van der Waals surface area contributed by atoms with Gasteiger partial charge in [-0.15, -0.1) is 0 Å². The van der Waals surface area contributed by atoms with Crippen LogP contribution in [-0.4, -0.2) is 38.8 Å². The summed E-state index contributed by atoms with van der Waals surface area (Å²) in [6.07, 6.45) is 3.99. The number of fused-ring (bicyclic) bond motifs is 2. The van der Waals surface area contributed by atoms with Crippen LogP contribution in [0, 0.1) is 6.92 Å². The molecule has 1 amide bonds. The first-order valence-corrected chi connectivity index (χ1v) is 10.7. The summed E-state index contributed by atoms with van der Waals surface area (Å²) in [6.45, 7) is 2.81. The van der Waals surface area contributed by atoms with Crippen LogP contribution in [0.1, 0.15) is 22.5 Å². The lowest BCUT2D eigenvalue weighted by Gasteiger charge is -2.10. The molecule has 0 aliphatic heterocycles. The van der Waals surface area contributed by atoms with Gasteiger partial charge in [0.25, 0.3) is 5.91 Å². The molecule has 33 heavy (non-hydrogen) atoms. The van der Waals surface area contributed by atoms with E-state index in [2.05, 4.69) is 20.4 Å². The highest BCUT2D eigenvalue weighted by Gasteiger charge is 2.19. The number of hydrogen-bond donors (Lipinski definition) is 1. The quantitative estimate of drug-likeness (QED) is 0.379. The molecular formula is C25H23N5O3. The van der Waals surface area contributed by atoms with E-state index in [0.717, 1.165) is 27.7 Å². The third kappa shape index (κ3) is 4.03. The van der Waals surface area contributed by atoms with Gasteiger partial charge < -0.3 is 14.5 Å². The van der Waals surface area contributed by atoms with E-state index in [1.807, 2.05) is 50.4 Å². The third-order valence-corrected chi connectivity index (χ3v) is 5.45. The van der Waals surface area contributed by atoms with Gasteiger partial charge in [-0.2, -0.15) is 5.10 Å². The van der Waals surface area contributed by atoms with Crippen molar-refractivity contribution in [3.8, 4) is 17.2 Å². The number of rotatable bonds is 7. The van der Waals surface area contributed by atoms with Crippen molar-refractivity contribution in [3.63, 3.8) is 0 Å². The largest absolute Gasteiger partial charge is 0.491 e. The van der Waals surface area contributed by atoms with Gasteiger partial charge in [-0.05, 0) is 43.7 Å². The van der Waals surface area contributed by atoms with Crippen molar-refractivity contribution in [2.45, 2.75) is 13.3 Å². The van der Waals surface area contributed by atoms with E-state index in [1.165, 1.54) is 0 Å². The Kier molecular flexibility index (Phi) is 5.48. The van der Waals surface area contributed by atoms with Crippen LogP contribution in [0.5, 0.6) is 5.75 Å². The number of furan rings is 1. The maximum Gasteiger partial charge on any atom is 0.252 e. The Morgan fingerprint density at radius 3 is 2.91 bits per heavy atom. The van der Waals surface area contributed by atoms with Crippen molar-refractivity contribution >= 4 is 27.8 Å². The fourth-order valence-electron chi connectivity index (χ4n) is 3.92. The highest BCUT2D eigenvalue weighted by molar-refractivity contribution is 6.07. The number of hydrogen-bond acceptors (Lipinski definition) is 6. The highest BCUT2D eigenvalue weighted by Crippen LogP contribution is 2.27. The molecule has 0 bridgehead atoms. The summed E-state index contributed by atoms with van der Waals surface area (Å²) < 4.78 is 13.1. The summed E-state index contributed by atoms with van der Waals surface area (Å²) in [5.41, 5.74) is 3.34. The van der Waals surface area contributed by atoms with Gasteiger partial charge >= 0.3 is 0 Å². The second-order valence-corrected chi connectivity index (χ2v) is 7.73. The van der Waals surface area contributed by atoms with Crippen LogP contribution in [-0.2, 0) is 7.05 Å². The summed E-state index contributed by atoms with van der Waals surface area (Å²) >= 11 is 0. The molecule has 0 fully saturated rings. The molecule has 8 heteroatoms. The van der Waals surface area contributed by atoms with Crippen molar-refractivity contribution in [3.05, 3.63) is 72.2 Å². The zero-order valence-electron chi connectivity index (χ0n) is 18.4. The lowest BCUT2D eigenvalue weighted by Crippen LogP contribution is -2.26. The van der Waals surface area contributed by atoms with Gasteiger partial charge in [-0.1, -0.05) is 18.2 Å². The van der Waals surface area contributed by atoms with E-state index in [4.69, 9.17) is 9.15 Å². The number of pyridine rings is 2. The van der Waals surface area contributed by atoms with Crippen molar-refractivity contribution in [2.24, 2.45) is 7.05 Å². The Bertz CT molecular complexity index is 1430. The molecule has 0 aliphatic carbocycles. The monoisotopic (exact) mass is 441 g/mol. The maximum atomic E-state index is 13.1. The fraction of sp³-hybridized carbons (Fsp3) is 0.200. The number of carbonyl (C=O) groups excluding carboxylic acids is 1. The number of aryl methyl sites for hydroxylation is 2. The van der Waals surface area contributed by atoms with Gasteiger partial charge in [-0.25, -0.2) is 4.98 Å². The number of aromatic nitrogens is 4. The zero-order chi connectivity index (χ0) is 22.8. The average molecular weight is 441 g/mol. The molecular weight excluding hydrogens is 418 g/mol. The molecule has 0 unspecified atom stereocenters. The number of ether oxygens (including phenoxy) is 1. The van der Waals surface area contributed by atoms with Gasteiger partial charge in [0.15, 0.2) is 11.4 Å². The molecule has 1 aromatic carbocycles. The van der Waals surface area contributed by atoms with Crippen molar-refractivity contribution in [1.82, 2.24) is 25.1 Å². The first-order valence-electron chi connectivity index (χ1n) is 10.7. The summed E-state index contributed by atoms with van der Waals surface area (Å²) in [4.78, 5) is 22.1. The first-order chi connectivity index (χ1) is 16.1. The second-order valence-electron chi connectivity index (χ2n) is 7.73. The molecule has 8 nitrogen and oxygen atoms in total. The number of para-hydroxylation sites is 1. The number of amides is 1. The van der Waals surface area contributed by atoms with Gasteiger partial charge in [0.05, 0.1) is 29.5 Å². The van der Waals surface area contributed by atoms with E-state index in [0.29, 0.717) is 42.2 Å². The molecule has 0 aliphatic rings. The molecule has 0 radical (unpaired) electrons. The average Bonchev–Trinajstić information content (AvgIpc) is 3.47. The lowest BCUT2D eigenvalue weighted by molar-refractivity contribution is 0.0953. The summed E-state index contributed by atoms with van der Waals surface area (Å²) in [6, 6.07) is 15.1. The van der Waals surface area contributed by atoms with E-state index in [9.17, 15) is 4.79 Å². The molecule has 0 saturated heterocycles. The summed E-state index contributed by atoms with van der Waals surface area (Å²) in [5, 5.41) is 9.21. The van der Waals surface area contributed by atoms with Crippen molar-refractivity contribution in [2.75, 3.05) is 13.2 Å². The van der Waals surface area contributed by atoms with Gasteiger partial charge in [-0.3, -0.25) is 14.5 Å². The Morgan fingerprint density at radius 1 is 1.18 bits per heavy atom. The Hall–Kier alpha value is -4.20. The van der Waals surface area contributed by atoms with Crippen LogP contribution in [0.3, 0.4) is 0 Å². The highest BCUT2D eigenvalue weighted by atomic mass is 16.5. The number of nitrogens with zero attached hydrogens (tertiary/aromatic N) is 4. The number of carbonyl (C=O) groups is 1. The zero-order valence-corrected chi connectivity index (χ0v) is 18.4. The topological polar surface area (TPSA) is 95.1 Å².